The van der Waals surface area contributed by atoms with E-state index in [9.17, 15) is 4.79 Å². The fourth-order valence-corrected chi connectivity index (χ4v) is 2.07. The summed E-state index contributed by atoms with van der Waals surface area (Å²) < 4.78 is 0.254. The topological polar surface area (TPSA) is 68.8 Å². The first-order valence-electron chi connectivity index (χ1n) is 5.40. The molecule has 18 heavy (non-hydrogen) atoms. The van der Waals surface area contributed by atoms with Crippen molar-refractivity contribution in [2.75, 3.05) is 30.5 Å². The van der Waals surface area contributed by atoms with Crippen molar-refractivity contribution in [3.05, 3.63) is 23.5 Å². The van der Waals surface area contributed by atoms with Crippen molar-refractivity contribution in [1.82, 2.24) is 9.88 Å². The molecule has 2 N–H and O–H groups in total. The van der Waals surface area contributed by atoms with Gasteiger partial charge in [0.1, 0.15) is 10.3 Å². The van der Waals surface area contributed by atoms with Gasteiger partial charge in [-0.3, -0.25) is 15.2 Å². The standard InChI is InChI=1S/C11H13BrN4OS/c1-18-6-15-8-4-9(11(17)16-2-3-16)14-5-7(8)10(12)13/h4-5,13H,2-3,6H2,1H3,(H,14,15). The lowest BCUT2D eigenvalue weighted by molar-refractivity contribution is 0.0880. The van der Waals surface area contributed by atoms with E-state index >= 15 is 0 Å². The van der Waals surface area contributed by atoms with Gasteiger partial charge in [0.15, 0.2) is 0 Å². The maximum Gasteiger partial charge on any atom is 0.272 e. The molecule has 1 aromatic heterocycles. The van der Waals surface area contributed by atoms with Crippen LogP contribution in [-0.2, 0) is 0 Å². The number of carbonyl (C=O) groups is 1. The second kappa shape index (κ2) is 5.71. The van der Waals surface area contributed by atoms with Gasteiger partial charge in [-0.25, -0.2) is 0 Å². The van der Waals surface area contributed by atoms with Crippen molar-refractivity contribution >= 4 is 43.9 Å². The Kier molecular flexibility index (Phi) is 4.23. The first-order valence-corrected chi connectivity index (χ1v) is 7.58. The van der Waals surface area contributed by atoms with Crippen molar-refractivity contribution in [2.45, 2.75) is 0 Å². The number of nitrogens with zero attached hydrogens (tertiary/aromatic N) is 2. The minimum atomic E-state index is -0.0464. The molecule has 1 saturated heterocycles. The van der Waals surface area contributed by atoms with Crippen LogP contribution in [0.5, 0.6) is 0 Å². The number of halogens is 1. The Morgan fingerprint density at radius 1 is 1.67 bits per heavy atom. The Morgan fingerprint density at radius 2 is 2.39 bits per heavy atom. The van der Waals surface area contributed by atoms with E-state index in [4.69, 9.17) is 5.41 Å². The van der Waals surface area contributed by atoms with Crippen LogP contribution in [-0.4, -0.2) is 45.6 Å². The average molecular weight is 329 g/mol. The molecule has 0 aromatic carbocycles. The lowest BCUT2D eigenvalue weighted by Gasteiger charge is -2.11. The summed E-state index contributed by atoms with van der Waals surface area (Å²) in [6.45, 7) is 1.62. The number of anilines is 1. The summed E-state index contributed by atoms with van der Waals surface area (Å²) in [5.74, 6) is 0.670. The van der Waals surface area contributed by atoms with Crippen LogP contribution in [0.2, 0.25) is 0 Å². The van der Waals surface area contributed by atoms with Crippen LogP contribution in [0, 0.1) is 5.41 Å². The molecular weight excluding hydrogens is 316 g/mol. The van der Waals surface area contributed by atoms with Gasteiger partial charge in [0.05, 0.1) is 5.88 Å². The van der Waals surface area contributed by atoms with E-state index in [1.54, 1.807) is 28.9 Å². The largest absolute Gasteiger partial charge is 0.375 e. The fourth-order valence-electron chi connectivity index (χ4n) is 1.46. The van der Waals surface area contributed by atoms with Crippen molar-refractivity contribution in [3.8, 4) is 0 Å². The molecule has 5 nitrogen and oxygen atoms in total. The minimum Gasteiger partial charge on any atom is -0.375 e. The molecule has 1 aliphatic rings. The molecule has 2 rings (SSSR count). The van der Waals surface area contributed by atoms with Gasteiger partial charge in [-0.15, -0.1) is 11.8 Å². The number of pyridine rings is 1. The molecule has 0 radical (unpaired) electrons. The van der Waals surface area contributed by atoms with E-state index < -0.39 is 0 Å². The van der Waals surface area contributed by atoms with Crippen LogP contribution in [0.1, 0.15) is 16.1 Å². The molecule has 0 spiro atoms. The SMILES string of the molecule is CSCNc1cc(C(=O)N2CC2)ncc1C(=N)Br. The third kappa shape index (κ3) is 3.02. The predicted molar refractivity (Wildman–Crippen MR) is 77.9 cm³/mol. The number of carbonyl (C=O) groups excluding carboxylic acids is 1. The highest BCUT2D eigenvalue weighted by molar-refractivity contribution is 9.18. The molecule has 0 unspecified atom stereocenters. The highest BCUT2D eigenvalue weighted by atomic mass is 79.9. The van der Waals surface area contributed by atoms with Crippen LogP contribution in [0.15, 0.2) is 12.3 Å². The molecule has 2 heterocycles. The van der Waals surface area contributed by atoms with Gasteiger partial charge in [0, 0.05) is 30.5 Å². The number of amides is 1. The van der Waals surface area contributed by atoms with Crippen LogP contribution in [0.25, 0.3) is 0 Å². The van der Waals surface area contributed by atoms with Crippen molar-refractivity contribution < 1.29 is 4.79 Å². The van der Waals surface area contributed by atoms with E-state index in [1.807, 2.05) is 6.26 Å². The first kappa shape index (κ1) is 13.4. The summed E-state index contributed by atoms with van der Waals surface area (Å²) in [6.07, 6.45) is 3.53. The van der Waals surface area contributed by atoms with Crippen LogP contribution in [0.4, 0.5) is 5.69 Å². The molecule has 0 aliphatic carbocycles. The molecule has 0 bridgehead atoms. The number of nitrogens with one attached hydrogen (secondary N) is 2. The van der Waals surface area contributed by atoms with Gasteiger partial charge in [-0.05, 0) is 28.3 Å². The maximum atomic E-state index is 11.9. The van der Waals surface area contributed by atoms with Crippen molar-refractivity contribution in [1.29, 1.82) is 5.41 Å². The number of hydrogen-bond donors (Lipinski definition) is 2. The normalized spacial score (nSPS) is 13.3. The number of thioether (sulfide) groups is 1. The quantitative estimate of drug-likeness (QED) is 0.492. The smallest absolute Gasteiger partial charge is 0.272 e. The Bertz CT molecular complexity index is 490. The maximum absolute atomic E-state index is 11.9. The van der Waals surface area contributed by atoms with Gasteiger partial charge < -0.3 is 10.2 Å². The Balaban J connectivity index is 2.28. The Morgan fingerprint density at radius 3 is 2.94 bits per heavy atom. The molecule has 0 atom stereocenters. The summed E-state index contributed by atoms with van der Waals surface area (Å²) >= 11 is 4.77. The van der Waals surface area contributed by atoms with E-state index in [0.717, 1.165) is 18.8 Å². The first-order chi connectivity index (χ1) is 8.63. The van der Waals surface area contributed by atoms with Crippen molar-refractivity contribution in [3.63, 3.8) is 0 Å². The Labute approximate surface area is 118 Å². The average Bonchev–Trinajstić information content (AvgIpc) is 3.19. The van der Waals surface area contributed by atoms with E-state index in [1.165, 1.54) is 0 Å². The summed E-state index contributed by atoms with van der Waals surface area (Å²) in [5, 5.41) is 10.8. The monoisotopic (exact) mass is 328 g/mol. The molecule has 0 saturated carbocycles. The molecule has 1 aromatic rings. The second-order valence-electron chi connectivity index (χ2n) is 3.83. The summed E-state index contributed by atoms with van der Waals surface area (Å²) in [5.41, 5.74) is 1.84. The second-order valence-corrected chi connectivity index (χ2v) is 5.49. The van der Waals surface area contributed by atoms with E-state index in [0.29, 0.717) is 17.1 Å². The predicted octanol–water partition coefficient (Wildman–Crippen LogP) is 1.99. The highest BCUT2D eigenvalue weighted by Crippen LogP contribution is 2.21. The van der Waals surface area contributed by atoms with Crippen molar-refractivity contribution in [2.24, 2.45) is 0 Å². The van der Waals surface area contributed by atoms with E-state index in [2.05, 4.69) is 26.2 Å². The van der Waals surface area contributed by atoms with Gasteiger partial charge >= 0.3 is 0 Å². The summed E-state index contributed by atoms with van der Waals surface area (Å²) in [4.78, 5) is 17.7. The number of rotatable bonds is 5. The zero-order valence-corrected chi connectivity index (χ0v) is 12.3. The van der Waals surface area contributed by atoms with Gasteiger partial charge in [0.25, 0.3) is 5.91 Å². The molecule has 1 fully saturated rings. The molecule has 1 amide bonds. The summed E-state index contributed by atoms with van der Waals surface area (Å²) in [7, 11) is 0. The number of aromatic nitrogens is 1. The third-order valence-electron chi connectivity index (χ3n) is 2.50. The fraction of sp³-hybridized carbons (Fsp3) is 0.364. The highest BCUT2D eigenvalue weighted by Gasteiger charge is 2.26. The number of hydrogen-bond acceptors (Lipinski definition) is 5. The van der Waals surface area contributed by atoms with Gasteiger partial charge in [-0.2, -0.15) is 0 Å². The zero-order chi connectivity index (χ0) is 13.1. The molecular formula is C11H13BrN4OS. The van der Waals surface area contributed by atoms with E-state index in [-0.39, 0.29) is 10.5 Å². The molecule has 1 aliphatic heterocycles. The molecule has 96 valence electrons. The van der Waals surface area contributed by atoms with Gasteiger partial charge in [-0.1, -0.05) is 0 Å². The van der Waals surface area contributed by atoms with Crippen LogP contribution < -0.4 is 5.32 Å². The lowest BCUT2D eigenvalue weighted by Crippen LogP contribution is -2.14. The van der Waals surface area contributed by atoms with Crippen LogP contribution >= 0.6 is 27.7 Å². The van der Waals surface area contributed by atoms with Crippen LogP contribution in [0.3, 0.4) is 0 Å². The lowest BCUT2D eigenvalue weighted by atomic mass is 10.2. The third-order valence-corrected chi connectivity index (χ3v) is 3.36. The minimum absolute atomic E-state index is 0.0464. The zero-order valence-electron chi connectivity index (χ0n) is 9.86. The van der Waals surface area contributed by atoms with Gasteiger partial charge in [0.2, 0.25) is 0 Å². The Hall–Kier alpha value is -1.08. The molecule has 7 heteroatoms. The summed E-state index contributed by atoms with van der Waals surface area (Å²) in [6, 6.07) is 1.71.